The van der Waals surface area contributed by atoms with Gasteiger partial charge < -0.3 is 20.1 Å². The molecule has 0 amide bonds. The van der Waals surface area contributed by atoms with Crippen LogP contribution in [0.5, 0.6) is 0 Å². The number of hydrogen-bond acceptors (Lipinski definition) is 13. The smallest absolute Gasteiger partial charge is 0.350 e. The minimum absolute atomic E-state index is 0.293. The van der Waals surface area contributed by atoms with Crippen molar-refractivity contribution in [3.63, 3.8) is 0 Å². The third kappa shape index (κ3) is 6.03. The van der Waals surface area contributed by atoms with Gasteiger partial charge in [-0.05, 0) is 37.5 Å². The maximum absolute atomic E-state index is 12.2. The molecule has 4 N–H and O–H groups in total. The van der Waals surface area contributed by atoms with E-state index in [1.165, 1.54) is 11.3 Å². The fraction of sp³-hybridized carbons (Fsp3) is 0.375. The molecule has 1 fully saturated rings. The summed E-state index contributed by atoms with van der Waals surface area (Å²) in [5.74, 6) is 1.86. The molecule has 0 radical (unpaired) electrons. The van der Waals surface area contributed by atoms with Crippen LogP contribution in [0.25, 0.3) is 11.4 Å². The minimum atomic E-state index is -0.398. The Labute approximate surface area is 222 Å². The molecule has 3 aromatic heterocycles. The van der Waals surface area contributed by atoms with Gasteiger partial charge in [0, 0.05) is 31.3 Å². The summed E-state index contributed by atoms with van der Waals surface area (Å²) in [5.41, 5.74) is 2.49. The predicted molar refractivity (Wildman–Crippen MR) is 143 cm³/mol. The first kappa shape index (κ1) is 25.5. The van der Waals surface area contributed by atoms with E-state index in [1.807, 2.05) is 30.3 Å². The lowest BCUT2D eigenvalue weighted by Crippen LogP contribution is -2.36. The number of thiazole rings is 1. The van der Waals surface area contributed by atoms with Crippen LogP contribution >= 0.6 is 11.3 Å². The Morgan fingerprint density at radius 2 is 2.00 bits per heavy atom. The number of carbonyl (C=O) groups excluding carboxylic acids is 1. The third-order valence-corrected chi connectivity index (χ3v) is 7.06. The van der Waals surface area contributed by atoms with E-state index in [9.17, 15) is 9.90 Å². The molecule has 0 spiro atoms. The Kier molecular flexibility index (Phi) is 7.70. The zero-order chi connectivity index (χ0) is 26.5. The average molecular weight is 537 g/mol. The van der Waals surface area contributed by atoms with E-state index < -0.39 is 5.97 Å². The third-order valence-electron chi connectivity index (χ3n) is 6.01. The highest BCUT2D eigenvalue weighted by Crippen LogP contribution is 2.28. The number of ether oxygens (including phenoxy) is 1. The van der Waals surface area contributed by atoms with Gasteiger partial charge in [0.25, 0.3) is 0 Å². The Morgan fingerprint density at radius 1 is 1.21 bits per heavy atom. The Bertz CT molecular complexity index is 1370. The summed E-state index contributed by atoms with van der Waals surface area (Å²) in [6, 6.07) is 9.74. The number of hydrogen-bond donors (Lipinski definition) is 4. The fourth-order valence-electron chi connectivity index (χ4n) is 4.02. The molecule has 0 bridgehead atoms. The summed E-state index contributed by atoms with van der Waals surface area (Å²) in [6.45, 7) is 5.74. The van der Waals surface area contributed by atoms with Crippen LogP contribution in [0.15, 0.2) is 30.3 Å². The molecular formula is C24H28N10O3S. The predicted octanol–water partition coefficient (Wildman–Crippen LogP) is 2.92. The lowest BCUT2D eigenvalue weighted by atomic mass is 10.1. The average Bonchev–Trinajstić information content (AvgIpc) is 3.58. The van der Waals surface area contributed by atoms with E-state index in [1.54, 1.807) is 13.8 Å². The summed E-state index contributed by atoms with van der Waals surface area (Å²) in [6.07, 6.45) is 1.06. The molecule has 0 aliphatic carbocycles. The van der Waals surface area contributed by atoms with E-state index in [4.69, 9.17) is 9.72 Å². The van der Waals surface area contributed by atoms with Gasteiger partial charge in [-0.1, -0.05) is 35.6 Å². The number of piperidine rings is 1. The molecule has 1 aliphatic heterocycles. The fourth-order valence-corrected chi connectivity index (χ4v) is 4.87. The van der Waals surface area contributed by atoms with E-state index in [0.717, 1.165) is 16.9 Å². The standard InChI is InChI=1S/C24H28N10O3S/c1-3-37-22(36)20-14(2)26-24(38-20)29-23-27-18(12-19(28-23)34-10-8-17(35)9-11-34)25-13-15-4-6-16(7-5-15)21-30-32-33-31-21/h4-7,12,17,35H,3,8-11,13H2,1-2H3,(H,30,31,32,33)(H2,25,26,27,28,29). The Morgan fingerprint density at radius 3 is 2.71 bits per heavy atom. The highest BCUT2D eigenvalue weighted by molar-refractivity contribution is 7.17. The Hall–Kier alpha value is -4.17. The van der Waals surface area contributed by atoms with Crippen LogP contribution in [0.1, 0.15) is 40.7 Å². The first-order valence-electron chi connectivity index (χ1n) is 12.3. The highest BCUT2D eigenvalue weighted by atomic mass is 32.1. The molecule has 1 aromatic carbocycles. The summed E-state index contributed by atoms with van der Waals surface area (Å²) in [7, 11) is 0. The van der Waals surface area contributed by atoms with Gasteiger partial charge >= 0.3 is 5.97 Å². The van der Waals surface area contributed by atoms with Gasteiger partial charge in [0.2, 0.25) is 11.8 Å². The number of H-pyrrole nitrogens is 1. The number of anilines is 4. The SMILES string of the molecule is CCOC(=O)c1sc(Nc2nc(NCc3ccc(-c4nn[nH]n4)cc3)cc(N3CCC(O)CC3)n2)nc1C. The maximum atomic E-state index is 12.2. The van der Waals surface area contributed by atoms with Gasteiger partial charge in [0.15, 0.2) is 5.13 Å². The van der Waals surface area contributed by atoms with Crippen LogP contribution < -0.4 is 15.5 Å². The first-order chi connectivity index (χ1) is 18.5. The molecule has 0 atom stereocenters. The molecule has 4 heterocycles. The van der Waals surface area contributed by atoms with E-state index in [2.05, 4.69) is 46.1 Å². The number of carbonyl (C=O) groups is 1. The quantitative estimate of drug-likeness (QED) is 0.231. The molecule has 1 saturated heterocycles. The monoisotopic (exact) mass is 536 g/mol. The van der Waals surface area contributed by atoms with Crippen molar-refractivity contribution in [2.24, 2.45) is 0 Å². The number of aliphatic hydroxyl groups excluding tert-OH is 1. The normalized spacial score (nSPS) is 13.9. The number of aliphatic hydroxyl groups is 1. The van der Waals surface area contributed by atoms with Crippen LogP contribution in [0.3, 0.4) is 0 Å². The van der Waals surface area contributed by atoms with Gasteiger partial charge in [0.05, 0.1) is 18.4 Å². The number of esters is 1. The van der Waals surface area contributed by atoms with Crippen molar-refractivity contribution in [3.8, 4) is 11.4 Å². The van der Waals surface area contributed by atoms with Crippen molar-refractivity contribution in [1.29, 1.82) is 0 Å². The number of aromatic nitrogens is 7. The maximum Gasteiger partial charge on any atom is 0.350 e. The second-order valence-electron chi connectivity index (χ2n) is 8.72. The molecule has 14 heteroatoms. The van der Waals surface area contributed by atoms with Crippen molar-refractivity contribution in [2.45, 2.75) is 39.3 Å². The Balaban J connectivity index is 1.35. The van der Waals surface area contributed by atoms with E-state index in [0.29, 0.717) is 72.4 Å². The van der Waals surface area contributed by atoms with Crippen molar-refractivity contribution in [3.05, 3.63) is 46.5 Å². The number of nitrogens with one attached hydrogen (secondary N) is 3. The summed E-state index contributed by atoms with van der Waals surface area (Å²) in [4.78, 5) is 28.6. The van der Waals surface area contributed by atoms with Gasteiger partial charge in [-0.15, -0.1) is 10.2 Å². The van der Waals surface area contributed by atoms with Crippen molar-refractivity contribution in [2.75, 3.05) is 35.2 Å². The minimum Gasteiger partial charge on any atom is -0.462 e. The largest absolute Gasteiger partial charge is 0.462 e. The van der Waals surface area contributed by atoms with Crippen LogP contribution in [0.2, 0.25) is 0 Å². The van der Waals surface area contributed by atoms with Gasteiger partial charge in [-0.25, -0.2) is 9.78 Å². The molecule has 0 saturated carbocycles. The zero-order valence-electron chi connectivity index (χ0n) is 21.0. The number of benzene rings is 1. The summed E-state index contributed by atoms with van der Waals surface area (Å²) < 4.78 is 5.12. The molecule has 38 heavy (non-hydrogen) atoms. The number of aromatic amines is 1. The van der Waals surface area contributed by atoms with E-state index >= 15 is 0 Å². The van der Waals surface area contributed by atoms with Crippen LogP contribution in [-0.4, -0.2) is 72.5 Å². The summed E-state index contributed by atoms with van der Waals surface area (Å²) in [5, 5.41) is 31.0. The van der Waals surface area contributed by atoms with Gasteiger partial charge in [-0.2, -0.15) is 15.2 Å². The number of tetrazole rings is 1. The molecule has 198 valence electrons. The van der Waals surface area contributed by atoms with Crippen molar-refractivity contribution < 1.29 is 14.6 Å². The van der Waals surface area contributed by atoms with Gasteiger partial charge in [0.1, 0.15) is 16.5 Å². The highest BCUT2D eigenvalue weighted by Gasteiger charge is 2.21. The number of rotatable bonds is 9. The molecule has 13 nitrogen and oxygen atoms in total. The zero-order valence-corrected chi connectivity index (χ0v) is 21.8. The number of aryl methyl sites for hydroxylation is 1. The van der Waals surface area contributed by atoms with Crippen molar-refractivity contribution in [1.82, 2.24) is 35.6 Å². The number of nitrogens with zero attached hydrogens (tertiary/aromatic N) is 7. The van der Waals surface area contributed by atoms with Crippen molar-refractivity contribution >= 4 is 40.0 Å². The van der Waals surface area contributed by atoms with Crippen LogP contribution in [-0.2, 0) is 11.3 Å². The topological polar surface area (TPSA) is 167 Å². The van der Waals surface area contributed by atoms with Crippen LogP contribution in [0.4, 0.5) is 22.7 Å². The molecule has 0 unspecified atom stereocenters. The van der Waals surface area contributed by atoms with Crippen LogP contribution in [0, 0.1) is 6.92 Å². The summed E-state index contributed by atoms with van der Waals surface area (Å²) >= 11 is 1.20. The lowest BCUT2D eigenvalue weighted by molar-refractivity contribution is 0.0531. The second-order valence-corrected chi connectivity index (χ2v) is 9.72. The molecular weight excluding hydrogens is 508 g/mol. The molecule has 5 rings (SSSR count). The molecule has 1 aliphatic rings. The molecule has 4 aromatic rings. The second kappa shape index (κ2) is 11.5. The van der Waals surface area contributed by atoms with Gasteiger partial charge in [-0.3, -0.25) is 5.32 Å². The van der Waals surface area contributed by atoms with E-state index in [-0.39, 0.29) is 6.10 Å². The lowest BCUT2D eigenvalue weighted by Gasteiger charge is -2.30. The first-order valence-corrected chi connectivity index (χ1v) is 13.1.